The second kappa shape index (κ2) is 6.71. The Labute approximate surface area is 141 Å². The molecule has 1 aromatic heterocycles. The van der Waals surface area contributed by atoms with Crippen LogP contribution in [0.4, 0.5) is 0 Å². The fourth-order valence-corrected chi connectivity index (χ4v) is 3.61. The average Bonchev–Trinajstić information content (AvgIpc) is 3.08. The number of likely N-dealkylation sites (tertiary alicyclic amines) is 1. The first-order chi connectivity index (χ1) is 11.8. The van der Waals surface area contributed by atoms with Gasteiger partial charge in [0.15, 0.2) is 0 Å². The summed E-state index contributed by atoms with van der Waals surface area (Å²) in [6.07, 6.45) is 3.42. The molecule has 5 nitrogen and oxygen atoms in total. The summed E-state index contributed by atoms with van der Waals surface area (Å²) in [6.45, 7) is 3.91. The molecule has 0 aliphatic carbocycles. The number of fused-ring (bicyclic) bond motifs is 1. The van der Waals surface area contributed by atoms with Crippen molar-refractivity contribution in [2.45, 2.75) is 18.7 Å². The lowest BCUT2D eigenvalue weighted by molar-refractivity contribution is -0.0503. The molecule has 3 heterocycles. The number of carbonyl (C=O) groups excluding carboxylic acids is 1. The van der Waals surface area contributed by atoms with E-state index in [9.17, 15) is 4.79 Å². The minimum absolute atomic E-state index is 0.0424. The molecule has 2 aromatic rings. The summed E-state index contributed by atoms with van der Waals surface area (Å²) in [5.41, 5.74) is 1.95. The summed E-state index contributed by atoms with van der Waals surface area (Å²) in [7, 11) is 0. The van der Waals surface area contributed by atoms with Crippen molar-refractivity contribution in [1.82, 2.24) is 14.8 Å². The molecule has 2 saturated heterocycles. The zero-order chi connectivity index (χ0) is 16.4. The topological polar surface area (TPSA) is 45.7 Å². The number of benzene rings is 1. The van der Waals surface area contributed by atoms with Gasteiger partial charge in [-0.25, -0.2) is 0 Å². The highest BCUT2D eigenvalue weighted by Crippen LogP contribution is 2.25. The first-order valence-corrected chi connectivity index (χ1v) is 8.40. The second-order valence-corrected chi connectivity index (χ2v) is 6.38. The van der Waals surface area contributed by atoms with Gasteiger partial charge in [0.2, 0.25) is 0 Å². The van der Waals surface area contributed by atoms with Crippen LogP contribution in [0.1, 0.15) is 15.9 Å². The van der Waals surface area contributed by atoms with Crippen LogP contribution >= 0.6 is 0 Å². The maximum atomic E-state index is 12.7. The van der Waals surface area contributed by atoms with Crippen molar-refractivity contribution in [3.05, 3.63) is 66.0 Å². The standard InChI is InChI=1S/C19H21N3O2/c23-19(16-7-4-8-20-11-16)22-13-17-18(14-22)24-10-9-21(17)12-15-5-2-1-3-6-15/h1-8,11,17-18H,9-10,12-14H2/t17-,18+/m0/s1. The highest BCUT2D eigenvalue weighted by molar-refractivity contribution is 5.94. The van der Waals surface area contributed by atoms with Crippen LogP contribution < -0.4 is 0 Å². The third-order valence-electron chi connectivity index (χ3n) is 4.84. The van der Waals surface area contributed by atoms with E-state index < -0.39 is 0 Å². The van der Waals surface area contributed by atoms with Crippen molar-refractivity contribution in [3.63, 3.8) is 0 Å². The lowest BCUT2D eigenvalue weighted by Gasteiger charge is -2.36. The Hall–Kier alpha value is -2.24. The van der Waals surface area contributed by atoms with E-state index in [2.05, 4.69) is 34.1 Å². The minimum atomic E-state index is 0.0424. The Kier molecular flexibility index (Phi) is 4.28. The maximum Gasteiger partial charge on any atom is 0.255 e. The third kappa shape index (κ3) is 3.05. The van der Waals surface area contributed by atoms with Crippen LogP contribution in [0, 0.1) is 0 Å². The van der Waals surface area contributed by atoms with E-state index in [1.807, 2.05) is 17.0 Å². The molecule has 0 radical (unpaired) electrons. The van der Waals surface area contributed by atoms with Crippen molar-refractivity contribution in [2.75, 3.05) is 26.2 Å². The molecular weight excluding hydrogens is 302 g/mol. The zero-order valence-electron chi connectivity index (χ0n) is 13.5. The Morgan fingerprint density at radius 1 is 1.17 bits per heavy atom. The van der Waals surface area contributed by atoms with E-state index in [0.29, 0.717) is 18.7 Å². The van der Waals surface area contributed by atoms with Crippen LogP contribution in [0.15, 0.2) is 54.9 Å². The van der Waals surface area contributed by atoms with Crippen molar-refractivity contribution in [1.29, 1.82) is 0 Å². The lowest BCUT2D eigenvalue weighted by atomic mass is 10.1. The normalized spacial score (nSPS) is 23.9. The summed E-state index contributed by atoms with van der Waals surface area (Å²) < 4.78 is 5.93. The molecule has 124 valence electrons. The number of pyridine rings is 1. The molecule has 0 bridgehead atoms. The van der Waals surface area contributed by atoms with Crippen molar-refractivity contribution < 1.29 is 9.53 Å². The monoisotopic (exact) mass is 323 g/mol. The Balaban J connectivity index is 1.47. The number of hydrogen-bond donors (Lipinski definition) is 0. The number of ether oxygens (including phenoxy) is 1. The summed E-state index contributed by atoms with van der Waals surface area (Å²) >= 11 is 0. The summed E-state index contributed by atoms with van der Waals surface area (Å²) in [5.74, 6) is 0.0424. The second-order valence-electron chi connectivity index (χ2n) is 6.38. The van der Waals surface area contributed by atoms with Crippen molar-refractivity contribution in [2.24, 2.45) is 0 Å². The Morgan fingerprint density at radius 2 is 2.04 bits per heavy atom. The van der Waals surface area contributed by atoms with E-state index in [1.165, 1.54) is 5.56 Å². The number of rotatable bonds is 3. The van der Waals surface area contributed by atoms with E-state index in [-0.39, 0.29) is 18.1 Å². The largest absolute Gasteiger partial charge is 0.373 e. The van der Waals surface area contributed by atoms with Crippen LogP contribution in [0.3, 0.4) is 0 Å². The zero-order valence-corrected chi connectivity index (χ0v) is 13.5. The molecule has 1 aromatic carbocycles. The highest BCUT2D eigenvalue weighted by Gasteiger charge is 2.41. The number of morpholine rings is 1. The van der Waals surface area contributed by atoms with Gasteiger partial charge in [0.25, 0.3) is 5.91 Å². The average molecular weight is 323 g/mol. The highest BCUT2D eigenvalue weighted by atomic mass is 16.5. The van der Waals surface area contributed by atoms with Crippen LogP contribution in [-0.4, -0.2) is 59.1 Å². The number of aromatic nitrogens is 1. The van der Waals surface area contributed by atoms with Crippen LogP contribution in [-0.2, 0) is 11.3 Å². The van der Waals surface area contributed by atoms with Gasteiger partial charge in [0.05, 0.1) is 24.3 Å². The molecule has 2 aliphatic rings. The predicted octanol–water partition coefficient (Wildman–Crippen LogP) is 1.81. The number of hydrogen-bond acceptors (Lipinski definition) is 4. The molecule has 1 amide bonds. The van der Waals surface area contributed by atoms with Gasteiger partial charge >= 0.3 is 0 Å². The van der Waals surface area contributed by atoms with Gasteiger partial charge in [0.1, 0.15) is 0 Å². The molecule has 2 aliphatic heterocycles. The number of carbonyl (C=O) groups is 1. The Morgan fingerprint density at radius 3 is 2.83 bits per heavy atom. The van der Waals surface area contributed by atoms with Gasteiger partial charge in [0, 0.05) is 38.6 Å². The fraction of sp³-hybridized carbons (Fsp3) is 0.368. The van der Waals surface area contributed by atoms with Gasteiger partial charge in [-0.15, -0.1) is 0 Å². The van der Waals surface area contributed by atoms with Crippen LogP contribution in [0.5, 0.6) is 0 Å². The summed E-state index contributed by atoms with van der Waals surface area (Å²) in [5, 5.41) is 0. The molecule has 0 N–H and O–H groups in total. The molecule has 5 heteroatoms. The van der Waals surface area contributed by atoms with Crippen molar-refractivity contribution in [3.8, 4) is 0 Å². The molecule has 0 unspecified atom stereocenters. The first kappa shape index (κ1) is 15.3. The van der Waals surface area contributed by atoms with E-state index in [4.69, 9.17) is 4.74 Å². The molecule has 0 spiro atoms. The van der Waals surface area contributed by atoms with Gasteiger partial charge in [-0.3, -0.25) is 14.7 Å². The van der Waals surface area contributed by atoms with Crippen molar-refractivity contribution >= 4 is 5.91 Å². The molecule has 24 heavy (non-hydrogen) atoms. The first-order valence-electron chi connectivity index (χ1n) is 8.40. The van der Waals surface area contributed by atoms with E-state index in [0.717, 1.165) is 19.7 Å². The van der Waals surface area contributed by atoms with Gasteiger partial charge in [-0.1, -0.05) is 30.3 Å². The van der Waals surface area contributed by atoms with Gasteiger partial charge in [-0.2, -0.15) is 0 Å². The minimum Gasteiger partial charge on any atom is -0.373 e. The van der Waals surface area contributed by atoms with Crippen LogP contribution in [0.2, 0.25) is 0 Å². The maximum absolute atomic E-state index is 12.7. The third-order valence-corrected chi connectivity index (χ3v) is 4.84. The fourth-order valence-electron chi connectivity index (χ4n) is 3.61. The van der Waals surface area contributed by atoms with E-state index in [1.54, 1.807) is 18.5 Å². The predicted molar refractivity (Wildman–Crippen MR) is 90.5 cm³/mol. The van der Waals surface area contributed by atoms with Gasteiger partial charge in [-0.05, 0) is 17.7 Å². The molecule has 4 rings (SSSR count). The van der Waals surface area contributed by atoms with Crippen LogP contribution in [0.25, 0.3) is 0 Å². The summed E-state index contributed by atoms with van der Waals surface area (Å²) in [4.78, 5) is 21.1. The van der Waals surface area contributed by atoms with Gasteiger partial charge < -0.3 is 9.64 Å². The molecule has 0 saturated carbocycles. The molecular formula is C19H21N3O2. The number of amides is 1. The SMILES string of the molecule is O=C(c1cccnc1)N1C[C@H]2OCCN(Cc3ccccc3)[C@H]2C1. The molecule has 2 atom stereocenters. The Bertz CT molecular complexity index is 692. The smallest absolute Gasteiger partial charge is 0.255 e. The summed E-state index contributed by atoms with van der Waals surface area (Å²) in [6, 6.07) is 14.4. The number of nitrogens with zero attached hydrogens (tertiary/aromatic N) is 3. The molecule has 2 fully saturated rings. The lowest BCUT2D eigenvalue weighted by Crippen LogP contribution is -2.50. The van der Waals surface area contributed by atoms with E-state index >= 15 is 0 Å². The quantitative estimate of drug-likeness (QED) is 0.864.